The largest absolute Gasteiger partial charge is 0.507 e. The van der Waals surface area contributed by atoms with Crippen molar-refractivity contribution in [1.29, 1.82) is 0 Å². The molecule has 2 heterocycles. The third-order valence-corrected chi connectivity index (χ3v) is 5.43. The number of hydrogen-bond donors (Lipinski definition) is 1. The van der Waals surface area contributed by atoms with Gasteiger partial charge >= 0.3 is 0 Å². The van der Waals surface area contributed by atoms with Crippen LogP contribution in [0.5, 0.6) is 0 Å². The van der Waals surface area contributed by atoms with Gasteiger partial charge in [-0.05, 0) is 30.5 Å². The van der Waals surface area contributed by atoms with Crippen molar-refractivity contribution in [2.45, 2.75) is 25.0 Å². The van der Waals surface area contributed by atoms with Crippen LogP contribution in [0.15, 0.2) is 60.2 Å². The van der Waals surface area contributed by atoms with E-state index in [4.69, 9.17) is 4.74 Å². The zero-order valence-corrected chi connectivity index (χ0v) is 16.1. The van der Waals surface area contributed by atoms with E-state index >= 15 is 0 Å². The van der Waals surface area contributed by atoms with E-state index < -0.39 is 22.7 Å². The van der Waals surface area contributed by atoms with Crippen LogP contribution in [0.3, 0.4) is 0 Å². The average molecular weight is 408 g/mol. The molecule has 0 bridgehead atoms. The molecule has 0 aliphatic carbocycles. The van der Waals surface area contributed by atoms with Crippen LogP contribution < -0.4 is 0 Å². The van der Waals surface area contributed by atoms with E-state index in [2.05, 4.69) is 0 Å². The first-order chi connectivity index (χ1) is 14.5. The summed E-state index contributed by atoms with van der Waals surface area (Å²) < 4.78 is 5.64. The molecule has 2 saturated heterocycles. The number of non-ortho nitro benzene ring substituents is 1. The second-order valence-corrected chi connectivity index (χ2v) is 7.30. The van der Waals surface area contributed by atoms with Gasteiger partial charge in [0, 0.05) is 30.8 Å². The molecule has 1 amide bonds. The van der Waals surface area contributed by atoms with Gasteiger partial charge < -0.3 is 14.7 Å². The van der Waals surface area contributed by atoms with Gasteiger partial charge in [-0.1, -0.05) is 30.3 Å². The highest BCUT2D eigenvalue weighted by atomic mass is 16.6. The number of rotatable bonds is 5. The van der Waals surface area contributed by atoms with Gasteiger partial charge in [-0.15, -0.1) is 0 Å². The van der Waals surface area contributed by atoms with Crippen LogP contribution in [0.4, 0.5) is 5.69 Å². The minimum Gasteiger partial charge on any atom is -0.507 e. The topological polar surface area (TPSA) is 110 Å². The summed E-state index contributed by atoms with van der Waals surface area (Å²) in [5, 5.41) is 21.9. The lowest BCUT2D eigenvalue weighted by Gasteiger charge is -2.27. The van der Waals surface area contributed by atoms with Crippen molar-refractivity contribution in [2.24, 2.45) is 0 Å². The maximum atomic E-state index is 12.9. The van der Waals surface area contributed by atoms with Gasteiger partial charge in [0.2, 0.25) is 0 Å². The molecule has 4 rings (SSSR count). The third kappa shape index (κ3) is 3.57. The fraction of sp³-hybridized carbons (Fsp3) is 0.273. The van der Waals surface area contributed by atoms with Crippen LogP contribution in [0.1, 0.15) is 30.0 Å². The van der Waals surface area contributed by atoms with Gasteiger partial charge in [-0.3, -0.25) is 19.7 Å². The molecule has 0 aromatic heterocycles. The highest BCUT2D eigenvalue weighted by Gasteiger charge is 2.47. The Kier molecular flexibility index (Phi) is 5.33. The second-order valence-electron chi connectivity index (χ2n) is 7.30. The smallest absolute Gasteiger partial charge is 0.295 e. The molecule has 1 N–H and O–H groups in total. The van der Waals surface area contributed by atoms with E-state index in [1.807, 2.05) is 0 Å². The lowest BCUT2D eigenvalue weighted by Crippen LogP contribution is -2.36. The van der Waals surface area contributed by atoms with Gasteiger partial charge in [-0.25, -0.2) is 0 Å². The van der Waals surface area contributed by atoms with Crippen LogP contribution >= 0.6 is 0 Å². The lowest BCUT2D eigenvalue weighted by molar-refractivity contribution is -0.384. The molecule has 0 saturated carbocycles. The summed E-state index contributed by atoms with van der Waals surface area (Å²) in [4.78, 5) is 37.7. The fourth-order valence-electron chi connectivity index (χ4n) is 3.95. The van der Waals surface area contributed by atoms with E-state index in [1.54, 1.807) is 30.3 Å². The summed E-state index contributed by atoms with van der Waals surface area (Å²) in [5.74, 6) is -1.77. The van der Waals surface area contributed by atoms with Crippen molar-refractivity contribution in [3.05, 3.63) is 81.4 Å². The quantitative estimate of drug-likeness (QED) is 0.267. The minimum absolute atomic E-state index is 0.0296. The van der Waals surface area contributed by atoms with Gasteiger partial charge in [0.25, 0.3) is 17.4 Å². The second kappa shape index (κ2) is 8.08. The molecule has 2 atom stereocenters. The molecular formula is C22H20N2O6. The Labute approximate surface area is 172 Å². The maximum absolute atomic E-state index is 12.9. The van der Waals surface area contributed by atoms with Crippen molar-refractivity contribution in [1.82, 2.24) is 4.90 Å². The number of aliphatic hydroxyl groups is 1. The van der Waals surface area contributed by atoms with Crippen LogP contribution in [0, 0.1) is 10.1 Å². The molecule has 2 fully saturated rings. The Morgan fingerprint density at radius 2 is 1.83 bits per heavy atom. The minimum atomic E-state index is -0.852. The SMILES string of the molecule is O=C1C(=O)N(C[C@H]2CCCO2)[C@H](c2ccc([N+](=O)[O-])cc2)/C1=C(\O)c1ccccc1. The van der Waals surface area contributed by atoms with Crippen molar-refractivity contribution in [3.63, 3.8) is 0 Å². The molecule has 8 heteroatoms. The van der Waals surface area contributed by atoms with Crippen molar-refractivity contribution in [3.8, 4) is 0 Å². The number of aliphatic hydroxyl groups excluding tert-OH is 1. The van der Waals surface area contributed by atoms with E-state index in [1.165, 1.54) is 29.2 Å². The number of carbonyl (C=O) groups is 2. The molecule has 0 unspecified atom stereocenters. The van der Waals surface area contributed by atoms with Crippen molar-refractivity contribution in [2.75, 3.05) is 13.2 Å². The number of nitro benzene ring substituents is 1. The number of likely N-dealkylation sites (tertiary alicyclic amines) is 1. The van der Waals surface area contributed by atoms with E-state index in [0.29, 0.717) is 17.7 Å². The van der Waals surface area contributed by atoms with Gasteiger partial charge in [0.1, 0.15) is 5.76 Å². The summed E-state index contributed by atoms with van der Waals surface area (Å²) in [7, 11) is 0. The number of benzene rings is 2. The summed E-state index contributed by atoms with van der Waals surface area (Å²) >= 11 is 0. The van der Waals surface area contributed by atoms with Gasteiger partial charge in [-0.2, -0.15) is 0 Å². The van der Waals surface area contributed by atoms with E-state index in [0.717, 1.165) is 12.8 Å². The zero-order chi connectivity index (χ0) is 21.3. The molecular weight excluding hydrogens is 388 g/mol. The highest BCUT2D eigenvalue weighted by molar-refractivity contribution is 6.46. The summed E-state index contributed by atoms with van der Waals surface area (Å²) in [6.07, 6.45) is 1.45. The molecule has 0 radical (unpaired) electrons. The molecule has 154 valence electrons. The highest BCUT2D eigenvalue weighted by Crippen LogP contribution is 2.40. The summed E-state index contributed by atoms with van der Waals surface area (Å²) in [6.45, 7) is 0.804. The fourth-order valence-corrected chi connectivity index (χ4v) is 3.95. The summed E-state index contributed by atoms with van der Waals surface area (Å²) in [6, 6.07) is 13.3. The molecule has 0 spiro atoms. The first-order valence-corrected chi connectivity index (χ1v) is 9.67. The monoisotopic (exact) mass is 408 g/mol. The van der Waals surface area contributed by atoms with Crippen LogP contribution in [0.25, 0.3) is 5.76 Å². The normalized spacial score (nSPS) is 23.1. The molecule has 2 aliphatic heterocycles. The van der Waals surface area contributed by atoms with Crippen molar-refractivity contribution < 1.29 is 24.4 Å². The van der Waals surface area contributed by atoms with E-state index in [9.17, 15) is 24.8 Å². The number of ketones is 1. The van der Waals surface area contributed by atoms with Gasteiger partial charge in [0.05, 0.1) is 22.6 Å². The Morgan fingerprint density at radius 3 is 2.43 bits per heavy atom. The Bertz CT molecular complexity index is 1010. The maximum Gasteiger partial charge on any atom is 0.295 e. The molecule has 2 aromatic carbocycles. The molecule has 2 aliphatic rings. The number of ether oxygens (including phenoxy) is 1. The number of nitrogens with zero attached hydrogens (tertiary/aromatic N) is 2. The standard InChI is InChI=1S/C22H20N2O6/c25-20(15-5-2-1-3-6-15)18-19(14-8-10-16(11-9-14)24(28)29)23(22(27)21(18)26)13-17-7-4-12-30-17/h1-3,5-6,8-11,17,19,25H,4,7,12-13H2/b20-18+/t17-,19-/m1/s1. The Hall–Kier alpha value is -3.52. The zero-order valence-electron chi connectivity index (χ0n) is 16.1. The Balaban J connectivity index is 1.81. The van der Waals surface area contributed by atoms with E-state index in [-0.39, 0.29) is 29.7 Å². The number of nitro groups is 1. The number of hydrogen-bond acceptors (Lipinski definition) is 6. The molecule has 8 nitrogen and oxygen atoms in total. The van der Waals surface area contributed by atoms with Crippen molar-refractivity contribution >= 4 is 23.1 Å². The van der Waals surface area contributed by atoms with Gasteiger partial charge in [0.15, 0.2) is 0 Å². The first-order valence-electron chi connectivity index (χ1n) is 9.67. The third-order valence-electron chi connectivity index (χ3n) is 5.43. The molecule has 30 heavy (non-hydrogen) atoms. The molecule has 2 aromatic rings. The van der Waals surface area contributed by atoms with Crippen LogP contribution in [0.2, 0.25) is 0 Å². The summed E-state index contributed by atoms with van der Waals surface area (Å²) in [5.41, 5.74) is 0.797. The number of Topliss-reactive ketones (excluding diaryl/α,β-unsaturated/α-hetero) is 1. The predicted molar refractivity (Wildman–Crippen MR) is 108 cm³/mol. The number of amides is 1. The number of carbonyl (C=O) groups excluding carboxylic acids is 2. The van der Waals surface area contributed by atoms with Crippen LogP contribution in [-0.4, -0.2) is 45.9 Å². The Morgan fingerprint density at radius 1 is 1.13 bits per heavy atom. The average Bonchev–Trinajstić information content (AvgIpc) is 3.36. The van der Waals surface area contributed by atoms with Crippen LogP contribution in [-0.2, 0) is 14.3 Å². The predicted octanol–water partition coefficient (Wildman–Crippen LogP) is 3.20. The lowest BCUT2D eigenvalue weighted by atomic mass is 9.95. The first kappa shape index (κ1) is 19.8.